The maximum absolute atomic E-state index is 10.2. The van der Waals surface area contributed by atoms with E-state index < -0.39 is 12.2 Å². The van der Waals surface area contributed by atoms with Crippen LogP contribution in [-0.4, -0.2) is 89.4 Å². The van der Waals surface area contributed by atoms with Crippen LogP contribution in [0.25, 0.3) is 12.2 Å². The van der Waals surface area contributed by atoms with E-state index in [0.29, 0.717) is 54.9 Å². The average Bonchev–Trinajstić information content (AvgIpc) is 3.87. The summed E-state index contributed by atoms with van der Waals surface area (Å²) in [6.07, 6.45) is 7.88. The summed E-state index contributed by atoms with van der Waals surface area (Å²) in [7, 11) is 0. The second-order valence-electron chi connectivity index (χ2n) is 13.3. The monoisotopic (exact) mass is 830 g/mol. The minimum atomic E-state index is -0.459. The molecule has 6 nitrogen and oxygen atoms in total. The molecule has 0 bridgehead atoms. The quantitative estimate of drug-likeness (QED) is 0.140. The van der Waals surface area contributed by atoms with Crippen molar-refractivity contribution in [2.45, 2.75) is 62.6 Å². The molecule has 0 aliphatic carbocycles. The van der Waals surface area contributed by atoms with E-state index in [1.54, 1.807) is 0 Å². The Morgan fingerprint density at radius 1 is 0.577 bits per heavy atom. The Bertz CT molecular complexity index is 1670. The van der Waals surface area contributed by atoms with Crippen molar-refractivity contribution in [3.63, 3.8) is 0 Å². The third-order valence-corrected chi connectivity index (χ3v) is 12.9. The number of aliphatic hydroxyl groups is 2. The van der Waals surface area contributed by atoms with Crippen molar-refractivity contribution in [2.24, 2.45) is 21.8 Å². The van der Waals surface area contributed by atoms with E-state index >= 15 is 0 Å². The number of aliphatic imine (C=N–C) groups is 2. The molecule has 8 heteroatoms. The first kappa shape index (κ1) is 39.5. The Morgan fingerprint density at radius 2 is 0.942 bits per heavy atom. The fraction of sp³-hybridized carbons (Fsp3) is 0.318. The molecule has 6 rings (SSSR count). The van der Waals surface area contributed by atoms with Gasteiger partial charge in [0.25, 0.3) is 0 Å². The summed E-state index contributed by atoms with van der Waals surface area (Å²) in [4.78, 5) is 9.30. The number of benzene rings is 4. The average molecular weight is 829 g/mol. The van der Waals surface area contributed by atoms with E-state index in [2.05, 4.69) is 119 Å². The summed E-state index contributed by atoms with van der Waals surface area (Å²) in [5, 5.41) is 22.5. The first-order valence-corrected chi connectivity index (χ1v) is 22.1. The molecular formula is C44H50N2O4Se2. The molecule has 0 spiro atoms. The number of rotatable bonds is 14. The van der Waals surface area contributed by atoms with Gasteiger partial charge in [0.2, 0.25) is 0 Å². The Balaban J connectivity index is 0.000000201. The Morgan fingerprint density at radius 3 is 1.33 bits per heavy atom. The third-order valence-electron chi connectivity index (χ3n) is 8.63. The van der Waals surface area contributed by atoms with Crippen LogP contribution < -0.4 is 8.92 Å². The van der Waals surface area contributed by atoms with Gasteiger partial charge in [-0.25, -0.2) is 0 Å². The molecule has 4 aromatic carbocycles. The maximum atomic E-state index is 10.2. The fourth-order valence-electron chi connectivity index (χ4n) is 5.62. The Kier molecular flexibility index (Phi) is 15.5. The van der Waals surface area contributed by atoms with Crippen molar-refractivity contribution in [3.05, 3.63) is 144 Å². The van der Waals surface area contributed by atoms with Gasteiger partial charge in [0.1, 0.15) is 0 Å². The molecule has 0 unspecified atom stereocenters. The van der Waals surface area contributed by atoms with Crippen molar-refractivity contribution in [1.29, 1.82) is 0 Å². The molecule has 0 amide bonds. The van der Waals surface area contributed by atoms with Crippen LogP contribution >= 0.6 is 0 Å². The summed E-state index contributed by atoms with van der Waals surface area (Å²) in [5.41, 5.74) is 4.59. The molecule has 4 atom stereocenters. The first-order chi connectivity index (χ1) is 25.3. The topological polar surface area (TPSA) is 83.6 Å². The van der Waals surface area contributed by atoms with Gasteiger partial charge in [0.05, 0.1) is 0 Å². The van der Waals surface area contributed by atoms with Crippen LogP contribution in [0.5, 0.6) is 0 Å². The zero-order valence-electron chi connectivity index (χ0n) is 30.4. The van der Waals surface area contributed by atoms with E-state index in [9.17, 15) is 10.2 Å². The summed E-state index contributed by atoms with van der Waals surface area (Å²) in [6.45, 7) is 8.96. The van der Waals surface area contributed by atoms with Crippen molar-refractivity contribution in [3.8, 4) is 0 Å². The van der Waals surface area contributed by atoms with Crippen LogP contribution in [-0.2, 0) is 9.47 Å². The van der Waals surface area contributed by atoms with Crippen molar-refractivity contribution < 1.29 is 19.7 Å². The molecule has 2 heterocycles. The zero-order valence-corrected chi connectivity index (χ0v) is 33.8. The normalized spacial score (nSPS) is 18.2. The molecule has 2 aliphatic rings. The van der Waals surface area contributed by atoms with Gasteiger partial charge in [-0.15, -0.1) is 0 Å². The number of ether oxygens (including phenoxy) is 2. The molecule has 0 fully saturated rings. The van der Waals surface area contributed by atoms with Crippen LogP contribution in [0.3, 0.4) is 0 Å². The predicted octanol–water partition coefficient (Wildman–Crippen LogP) is 6.62. The summed E-state index contributed by atoms with van der Waals surface area (Å²) in [6, 6.07) is 37.0. The number of hydrogen-bond donors (Lipinski definition) is 2. The van der Waals surface area contributed by atoms with Crippen LogP contribution in [0.1, 0.15) is 49.9 Å². The van der Waals surface area contributed by atoms with E-state index in [1.165, 1.54) is 20.1 Å². The van der Waals surface area contributed by atoms with E-state index in [0.717, 1.165) is 21.8 Å². The van der Waals surface area contributed by atoms with Crippen LogP contribution in [0, 0.1) is 11.8 Å². The summed E-state index contributed by atoms with van der Waals surface area (Å²) >= 11 is 0.616. The molecule has 2 N–H and O–H groups in total. The van der Waals surface area contributed by atoms with Gasteiger partial charge in [-0.3, -0.25) is 0 Å². The number of hydrogen-bond acceptors (Lipinski definition) is 6. The zero-order chi connectivity index (χ0) is 36.7. The van der Waals surface area contributed by atoms with Gasteiger partial charge in [-0.05, 0) is 0 Å². The molecule has 0 saturated carbocycles. The first-order valence-electron chi connectivity index (χ1n) is 17.9. The van der Waals surface area contributed by atoms with Gasteiger partial charge < -0.3 is 0 Å². The predicted molar refractivity (Wildman–Crippen MR) is 218 cm³/mol. The Hall–Kier alpha value is -3.74. The van der Waals surface area contributed by atoms with Gasteiger partial charge in [0, 0.05) is 0 Å². The van der Waals surface area contributed by atoms with Gasteiger partial charge in [-0.1, -0.05) is 0 Å². The number of allylic oxidation sites excluding steroid dienone is 2. The molecule has 52 heavy (non-hydrogen) atoms. The van der Waals surface area contributed by atoms with Crippen LogP contribution in [0.4, 0.5) is 0 Å². The van der Waals surface area contributed by atoms with E-state index in [-0.39, 0.29) is 23.9 Å². The molecule has 0 radical (unpaired) electrons. The van der Waals surface area contributed by atoms with E-state index in [4.69, 9.17) is 9.47 Å². The van der Waals surface area contributed by atoms with Gasteiger partial charge in [0.15, 0.2) is 0 Å². The van der Waals surface area contributed by atoms with E-state index in [1.807, 2.05) is 52.0 Å². The number of aliphatic hydroxyl groups excluding tert-OH is 2. The molecule has 2 aliphatic heterocycles. The van der Waals surface area contributed by atoms with Gasteiger partial charge >= 0.3 is 324 Å². The SMILES string of the molecule is CC(C)[C@@H](O)[C@@H]1COC(c2ccccc2[Se]C/C=C/c2ccccc2)=N1.CC(C)[C@@H](O)[C@@H]1COC(c2ccccc2[Se]C/C=C/c2ccccc2)=N1. The fourth-order valence-corrected chi connectivity index (χ4v) is 9.22. The van der Waals surface area contributed by atoms with Crippen molar-refractivity contribution in [2.75, 3.05) is 13.2 Å². The van der Waals surface area contributed by atoms with Crippen molar-refractivity contribution >= 4 is 62.8 Å². The van der Waals surface area contributed by atoms with Crippen LogP contribution in [0.15, 0.2) is 131 Å². The third kappa shape index (κ3) is 11.6. The Labute approximate surface area is 322 Å². The molecule has 4 aromatic rings. The standard InChI is InChI=1S/2C22H25NO2Se/c2*1-16(2)21(24)19-15-25-22(23-19)18-12-6-7-13-20(18)26-14-8-11-17-9-4-3-5-10-17/h2*3-13,16,19,21,24H,14-15H2,1-2H3/b2*11-8+/t2*19-,21+/m00/s1. The second-order valence-corrected chi connectivity index (χ2v) is 17.8. The second kappa shape index (κ2) is 20.5. The summed E-state index contributed by atoms with van der Waals surface area (Å²) in [5.74, 6) is 1.71. The molecule has 0 aromatic heterocycles. The number of nitrogens with zero attached hydrogens (tertiary/aromatic N) is 2. The molecule has 272 valence electrons. The minimum absolute atomic E-state index is 0.163. The summed E-state index contributed by atoms with van der Waals surface area (Å²) < 4.78 is 14.2. The van der Waals surface area contributed by atoms with Crippen molar-refractivity contribution in [1.82, 2.24) is 0 Å². The van der Waals surface area contributed by atoms with Gasteiger partial charge in [-0.2, -0.15) is 0 Å². The molecular weight excluding hydrogens is 778 g/mol. The molecule has 0 saturated heterocycles. The van der Waals surface area contributed by atoms with Crippen LogP contribution in [0.2, 0.25) is 10.6 Å².